The fourth-order valence-electron chi connectivity index (χ4n) is 3.62. The van der Waals surface area contributed by atoms with Gasteiger partial charge in [-0.1, -0.05) is 30.3 Å². The van der Waals surface area contributed by atoms with E-state index in [0.717, 1.165) is 22.6 Å². The van der Waals surface area contributed by atoms with E-state index in [1.807, 2.05) is 36.4 Å². The lowest BCUT2D eigenvalue weighted by Crippen LogP contribution is -2.14. The standard InChI is InChI=1S/C23H23N3O2/c1-15-22(17-8-4-5-9-18(17)25-15)23(26-21-10-6-7-13-24-21)16-11-12-19(27-2)20(14-16)28-3/h4-14,23,25H,1-3H3,(H,24,26). The maximum atomic E-state index is 5.54. The fraction of sp³-hybridized carbons (Fsp3) is 0.174. The van der Waals surface area contributed by atoms with Gasteiger partial charge in [0.05, 0.1) is 20.3 Å². The summed E-state index contributed by atoms with van der Waals surface area (Å²) in [6.07, 6.45) is 1.79. The number of rotatable bonds is 6. The Bertz CT molecular complexity index is 1090. The lowest BCUT2D eigenvalue weighted by atomic mass is 9.95. The molecule has 1 atom stereocenters. The summed E-state index contributed by atoms with van der Waals surface area (Å²) in [5.74, 6) is 2.22. The molecule has 2 heterocycles. The van der Waals surface area contributed by atoms with Gasteiger partial charge in [0.1, 0.15) is 5.82 Å². The Labute approximate surface area is 164 Å². The molecule has 0 aliphatic rings. The number of aromatic amines is 1. The molecule has 0 aliphatic heterocycles. The molecule has 5 nitrogen and oxygen atoms in total. The van der Waals surface area contributed by atoms with Gasteiger partial charge < -0.3 is 19.8 Å². The second kappa shape index (κ2) is 7.64. The highest BCUT2D eigenvalue weighted by atomic mass is 16.5. The smallest absolute Gasteiger partial charge is 0.161 e. The first kappa shape index (κ1) is 17.9. The molecular formula is C23H23N3O2. The lowest BCUT2D eigenvalue weighted by molar-refractivity contribution is 0.354. The van der Waals surface area contributed by atoms with Gasteiger partial charge in [-0.2, -0.15) is 0 Å². The first-order valence-electron chi connectivity index (χ1n) is 9.18. The number of nitrogens with one attached hydrogen (secondary N) is 2. The molecule has 28 heavy (non-hydrogen) atoms. The largest absolute Gasteiger partial charge is 0.493 e. The van der Waals surface area contributed by atoms with Crippen LogP contribution < -0.4 is 14.8 Å². The molecule has 1 unspecified atom stereocenters. The summed E-state index contributed by atoms with van der Waals surface area (Å²) in [5, 5.41) is 4.78. The molecule has 0 spiro atoms. The average molecular weight is 373 g/mol. The highest BCUT2D eigenvalue weighted by Crippen LogP contribution is 2.37. The molecule has 2 aromatic heterocycles. The Morgan fingerprint density at radius 2 is 1.71 bits per heavy atom. The van der Waals surface area contributed by atoms with Crippen LogP contribution in [0.2, 0.25) is 0 Å². The molecule has 4 aromatic rings. The van der Waals surface area contributed by atoms with Crippen LogP contribution >= 0.6 is 0 Å². The maximum Gasteiger partial charge on any atom is 0.161 e. The van der Waals surface area contributed by atoms with Gasteiger partial charge in [0.2, 0.25) is 0 Å². The van der Waals surface area contributed by atoms with Crippen LogP contribution in [0, 0.1) is 6.92 Å². The molecule has 4 rings (SSSR count). The second-order valence-electron chi connectivity index (χ2n) is 6.62. The van der Waals surface area contributed by atoms with E-state index in [-0.39, 0.29) is 6.04 Å². The minimum Gasteiger partial charge on any atom is -0.493 e. The van der Waals surface area contributed by atoms with E-state index in [2.05, 4.69) is 46.5 Å². The maximum absolute atomic E-state index is 5.54. The van der Waals surface area contributed by atoms with Gasteiger partial charge in [-0.25, -0.2) is 4.98 Å². The Hall–Kier alpha value is -3.47. The molecule has 142 valence electrons. The normalized spacial score (nSPS) is 12.0. The van der Waals surface area contributed by atoms with Crippen LogP contribution in [-0.4, -0.2) is 24.2 Å². The van der Waals surface area contributed by atoms with Crippen molar-refractivity contribution in [1.82, 2.24) is 9.97 Å². The number of aromatic nitrogens is 2. The number of methoxy groups -OCH3 is 2. The number of H-pyrrole nitrogens is 1. The summed E-state index contributed by atoms with van der Waals surface area (Å²) in [5.41, 5.74) is 4.48. The first-order valence-corrected chi connectivity index (χ1v) is 9.18. The predicted molar refractivity (Wildman–Crippen MR) is 112 cm³/mol. The average Bonchev–Trinajstić information content (AvgIpc) is 3.08. The number of nitrogens with zero attached hydrogens (tertiary/aromatic N) is 1. The first-order chi connectivity index (χ1) is 13.7. The van der Waals surface area contributed by atoms with Gasteiger partial charge in [-0.15, -0.1) is 0 Å². The number of hydrogen-bond donors (Lipinski definition) is 2. The van der Waals surface area contributed by atoms with Crippen LogP contribution in [0.4, 0.5) is 5.82 Å². The third-order valence-corrected chi connectivity index (χ3v) is 4.93. The van der Waals surface area contributed by atoms with Crippen molar-refractivity contribution in [1.29, 1.82) is 0 Å². The van der Waals surface area contributed by atoms with Gasteiger partial charge in [0.25, 0.3) is 0 Å². The van der Waals surface area contributed by atoms with Crippen molar-refractivity contribution in [2.75, 3.05) is 19.5 Å². The minimum atomic E-state index is -0.106. The van der Waals surface area contributed by atoms with Crippen LogP contribution in [-0.2, 0) is 0 Å². The molecule has 2 aromatic carbocycles. The molecule has 0 radical (unpaired) electrons. The summed E-state index contributed by atoms with van der Waals surface area (Å²) >= 11 is 0. The van der Waals surface area contributed by atoms with Crippen LogP contribution in [0.5, 0.6) is 11.5 Å². The molecule has 5 heteroatoms. The summed E-state index contributed by atoms with van der Waals surface area (Å²) in [6.45, 7) is 2.10. The van der Waals surface area contributed by atoms with Crippen molar-refractivity contribution in [3.63, 3.8) is 0 Å². The van der Waals surface area contributed by atoms with E-state index in [9.17, 15) is 0 Å². The van der Waals surface area contributed by atoms with Crippen molar-refractivity contribution < 1.29 is 9.47 Å². The third-order valence-electron chi connectivity index (χ3n) is 4.93. The fourth-order valence-corrected chi connectivity index (χ4v) is 3.62. The molecule has 0 saturated heterocycles. The number of para-hydroxylation sites is 1. The molecule has 2 N–H and O–H groups in total. The van der Waals surface area contributed by atoms with E-state index >= 15 is 0 Å². The number of hydrogen-bond acceptors (Lipinski definition) is 4. The number of benzene rings is 2. The van der Waals surface area contributed by atoms with E-state index < -0.39 is 0 Å². The zero-order valence-electron chi connectivity index (χ0n) is 16.2. The summed E-state index contributed by atoms with van der Waals surface area (Å²) in [4.78, 5) is 7.96. The monoisotopic (exact) mass is 373 g/mol. The van der Waals surface area contributed by atoms with Crippen LogP contribution in [0.15, 0.2) is 66.9 Å². The number of pyridine rings is 1. The Morgan fingerprint density at radius 1 is 0.929 bits per heavy atom. The van der Waals surface area contributed by atoms with Crippen LogP contribution in [0.1, 0.15) is 22.9 Å². The number of fused-ring (bicyclic) bond motifs is 1. The molecule has 0 saturated carbocycles. The lowest BCUT2D eigenvalue weighted by Gasteiger charge is -2.22. The summed E-state index contributed by atoms with van der Waals surface area (Å²) in [6, 6.07) is 20.1. The topological polar surface area (TPSA) is 59.2 Å². The second-order valence-corrected chi connectivity index (χ2v) is 6.62. The SMILES string of the molecule is COc1ccc(C(Nc2ccccn2)c2c(C)[nH]c3ccccc23)cc1OC. The Kier molecular flexibility index (Phi) is 4.89. The van der Waals surface area contributed by atoms with Crippen molar-refractivity contribution in [2.24, 2.45) is 0 Å². The highest BCUT2D eigenvalue weighted by molar-refractivity contribution is 5.86. The van der Waals surface area contributed by atoms with Gasteiger partial charge in [0, 0.05) is 28.4 Å². The minimum absolute atomic E-state index is 0.106. The predicted octanol–water partition coefficient (Wildman–Crippen LogP) is 5.09. The van der Waals surface area contributed by atoms with E-state index in [1.165, 1.54) is 10.9 Å². The summed E-state index contributed by atoms with van der Waals surface area (Å²) < 4.78 is 10.9. The Balaban J connectivity index is 1.88. The van der Waals surface area contributed by atoms with E-state index in [0.29, 0.717) is 11.5 Å². The van der Waals surface area contributed by atoms with E-state index in [1.54, 1.807) is 20.4 Å². The van der Waals surface area contributed by atoms with Crippen LogP contribution in [0.3, 0.4) is 0 Å². The van der Waals surface area contributed by atoms with E-state index in [4.69, 9.17) is 9.47 Å². The van der Waals surface area contributed by atoms with Gasteiger partial charge in [-0.3, -0.25) is 0 Å². The molecule has 0 amide bonds. The van der Waals surface area contributed by atoms with Crippen molar-refractivity contribution in [3.05, 3.63) is 83.7 Å². The number of aryl methyl sites for hydroxylation is 1. The van der Waals surface area contributed by atoms with Gasteiger partial charge in [0.15, 0.2) is 11.5 Å². The number of anilines is 1. The summed E-state index contributed by atoms with van der Waals surface area (Å²) in [7, 11) is 3.30. The van der Waals surface area contributed by atoms with Crippen molar-refractivity contribution in [3.8, 4) is 11.5 Å². The van der Waals surface area contributed by atoms with Crippen molar-refractivity contribution in [2.45, 2.75) is 13.0 Å². The quantitative estimate of drug-likeness (QED) is 0.494. The third kappa shape index (κ3) is 3.27. The van der Waals surface area contributed by atoms with Gasteiger partial charge in [-0.05, 0) is 42.8 Å². The number of ether oxygens (including phenoxy) is 2. The highest BCUT2D eigenvalue weighted by Gasteiger charge is 2.22. The van der Waals surface area contributed by atoms with Gasteiger partial charge >= 0.3 is 0 Å². The zero-order valence-corrected chi connectivity index (χ0v) is 16.2. The van der Waals surface area contributed by atoms with Crippen LogP contribution in [0.25, 0.3) is 10.9 Å². The molecule has 0 fully saturated rings. The zero-order chi connectivity index (χ0) is 19.5. The molecular weight excluding hydrogens is 350 g/mol. The molecule has 0 bridgehead atoms. The Morgan fingerprint density at radius 3 is 2.46 bits per heavy atom. The molecule has 0 aliphatic carbocycles. The van der Waals surface area contributed by atoms with Crippen molar-refractivity contribution >= 4 is 16.7 Å².